The molecule has 0 amide bonds. The fourth-order valence-electron chi connectivity index (χ4n) is 2.32. The highest BCUT2D eigenvalue weighted by atomic mass is 35.5. The monoisotopic (exact) mass is 362 g/mol. The fourth-order valence-corrected chi connectivity index (χ4v) is 3.72. The van der Waals surface area contributed by atoms with Gasteiger partial charge in [0.05, 0.1) is 5.69 Å². The third-order valence-corrected chi connectivity index (χ3v) is 5.09. The molecule has 0 unspecified atom stereocenters. The molecule has 1 heterocycles. The van der Waals surface area contributed by atoms with E-state index in [2.05, 4.69) is 34.7 Å². The summed E-state index contributed by atoms with van der Waals surface area (Å²) in [5.41, 5.74) is 3.22. The highest BCUT2D eigenvalue weighted by molar-refractivity contribution is 7.13. The average Bonchev–Trinajstić information content (AvgIpc) is 3.02. The maximum Gasteiger partial charge on any atom is 0.123 e. The van der Waals surface area contributed by atoms with Crippen LogP contribution in [0.15, 0.2) is 53.9 Å². The highest BCUT2D eigenvalue weighted by Gasteiger charge is 2.11. The van der Waals surface area contributed by atoms with Crippen molar-refractivity contribution >= 4 is 34.5 Å². The molecule has 0 aliphatic heterocycles. The van der Waals surface area contributed by atoms with Gasteiger partial charge in [0, 0.05) is 33.6 Å². The van der Waals surface area contributed by atoms with Crippen LogP contribution in [-0.4, -0.2) is 4.98 Å². The summed E-state index contributed by atoms with van der Waals surface area (Å²) in [6.45, 7) is 2.78. The average molecular weight is 363 g/mol. The largest absolute Gasteiger partial charge is 0.304 e. The van der Waals surface area contributed by atoms with Gasteiger partial charge in [0.15, 0.2) is 0 Å². The quantitative estimate of drug-likeness (QED) is 0.604. The van der Waals surface area contributed by atoms with Crippen LogP contribution in [0, 0.1) is 0 Å². The first kappa shape index (κ1) is 16.5. The number of aromatic nitrogens is 1. The van der Waals surface area contributed by atoms with E-state index >= 15 is 0 Å². The predicted molar refractivity (Wildman–Crippen MR) is 99.3 cm³/mol. The van der Waals surface area contributed by atoms with E-state index in [0.717, 1.165) is 21.8 Å². The van der Waals surface area contributed by atoms with Crippen molar-refractivity contribution < 1.29 is 0 Å². The zero-order chi connectivity index (χ0) is 16.2. The molecule has 1 atom stereocenters. The molecular formula is C18H16Cl2N2S. The van der Waals surface area contributed by atoms with Gasteiger partial charge in [0.1, 0.15) is 5.01 Å². The molecule has 0 saturated heterocycles. The van der Waals surface area contributed by atoms with Crippen molar-refractivity contribution in [1.29, 1.82) is 0 Å². The molecule has 3 rings (SSSR count). The number of hydrogen-bond donors (Lipinski definition) is 1. The van der Waals surface area contributed by atoms with Crippen LogP contribution < -0.4 is 5.32 Å². The molecular weight excluding hydrogens is 347 g/mol. The minimum absolute atomic E-state index is 0.127. The number of hydrogen-bond acceptors (Lipinski definition) is 3. The molecule has 0 bridgehead atoms. The summed E-state index contributed by atoms with van der Waals surface area (Å²) in [6, 6.07) is 15.9. The first-order chi connectivity index (χ1) is 11.1. The molecule has 2 aromatic carbocycles. The van der Waals surface area contributed by atoms with Gasteiger partial charge < -0.3 is 5.32 Å². The minimum Gasteiger partial charge on any atom is -0.304 e. The van der Waals surface area contributed by atoms with Crippen LogP contribution in [-0.2, 0) is 6.54 Å². The molecule has 1 N–H and O–H groups in total. The summed E-state index contributed by atoms with van der Waals surface area (Å²) in [4.78, 5) is 4.68. The van der Waals surface area contributed by atoms with Crippen LogP contribution in [0.3, 0.4) is 0 Å². The van der Waals surface area contributed by atoms with Crippen molar-refractivity contribution in [2.45, 2.75) is 19.5 Å². The van der Waals surface area contributed by atoms with Crippen molar-refractivity contribution in [3.05, 3.63) is 75.2 Å². The van der Waals surface area contributed by atoms with Crippen molar-refractivity contribution in [3.8, 4) is 10.6 Å². The SMILES string of the molecule is C[C@H](NCc1csc(-c2ccccc2)n1)c1ccc(Cl)cc1Cl. The minimum atomic E-state index is 0.127. The normalized spacial score (nSPS) is 12.3. The van der Waals surface area contributed by atoms with Crippen LogP contribution in [0.25, 0.3) is 10.6 Å². The Morgan fingerprint density at radius 1 is 1.13 bits per heavy atom. The van der Waals surface area contributed by atoms with Gasteiger partial charge >= 0.3 is 0 Å². The van der Waals surface area contributed by atoms with Crippen molar-refractivity contribution in [2.24, 2.45) is 0 Å². The lowest BCUT2D eigenvalue weighted by Gasteiger charge is -2.15. The Kier molecular flexibility index (Phi) is 5.34. The maximum absolute atomic E-state index is 6.25. The van der Waals surface area contributed by atoms with Gasteiger partial charge in [-0.1, -0.05) is 59.6 Å². The Hall–Kier alpha value is -1.39. The molecule has 0 aliphatic rings. The first-order valence-electron chi connectivity index (χ1n) is 7.31. The van der Waals surface area contributed by atoms with Gasteiger partial charge in [-0.3, -0.25) is 0 Å². The number of nitrogens with one attached hydrogen (secondary N) is 1. The zero-order valence-electron chi connectivity index (χ0n) is 12.6. The van der Waals surface area contributed by atoms with Gasteiger partial charge in [-0.05, 0) is 24.6 Å². The predicted octanol–water partition coefficient (Wildman–Crippen LogP) is 5.97. The standard InChI is InChI=1S/C18H16Cl2N2S/c1-12(16-8-7-14(19)9-17(16)20)21-10-15-11-23-18(22-15)13-5-3-2-4-6-13/h2-9,11-12,21H,10H2,1H3/t12-/m0/s1. The summed E-state index contributed by atoms with van der Waals surface area (Å²) >= 11 is 13.9. The van der Waals surface area contributed by atoms with Crippen molar-refractivity contribution in [2.75, 3.05) is 0 Å². The molecule has 5 heteroatoms. The number of thiazole rings is 1. The van der Waals surface area contributed by atoms with E-state index in [-0.39, 0.29) is 6.04 Å². The molecule has 0 saturated carbocycles. The highest BCUT2D eigenvalue weighted by Crippen LogP contribution is 2.27. The lowest BCUT2D eigenvalue weighted by atomic mass is 10.1. The third-order valence-electron chi connectivity index (χ3n) is 3.59. The van der Waals surface area contributed by atoms with E-state index in [0.29, 0.717) is 16.6 Å². The lowest BCUT2D eigenvalue weighted by molar-refractivity contribution is 0.569. The second kappa shape index (κ2) is 7.45. The van der Waals surface area contributed by atoms with Crippen LogP contribution in [0.1, 0.15) is 24.2 Å². The molecule has 0 aliphatic carbocycles. The first-order valence-corrected chi connectivity index (χ1v) is 8.95. The number of benzene rings is 2. The lowest BCUT2D eigenvalue weighted by Crippen LogP contribution is -2.18. The van der Waals surface area contributed by atoms with E-state index in [9.17, 15) is 0 Å². The van der Waals surface area contributed by atoms with Crippen molar-refractivity contribution in [3.63, 3.8) is 0 Å². The second-order valence-corrected chi connectivity index (χ2v) is 6.98. The summed E-state index contributed by atoms with van der Waals surface area (Å²) < 4.78 is 0. The smallest absolute Gasteiger partial charge is 0.123 e. The van der Waals surface area contributed by atoms with E-state index in [1.54, 1.807) is 17.4 Å². The van der Waals surface area contributed by atoms with Gasteiger partial charge in [-0.15, -0.1) is 11.3 Å². The Balaban J connectivity index is 1.65. The number of rotatable bonds is 5. The van der Waals surface area contributed by atoms with E-state index in [4.69, 9.17) is 23.2 Å². The molecule has 0 radical (unpaired) electrons. The summed E-state index contributed by atoms with van der Waals surface area (Å²) in [7, 11) is 0. The molecule has 3 aromatic rings. The van der Waals surface area contributed by atoms with Gasteiger partial charge in [0.2, 0.25) is 0 Å². The van der Waals surface area contributed by atoms with Gasteiger partial charge in [-0.2, -0.15) is 0 Å². The molecule has 1 aromatic heterocycles. The number of halogens is 2. The number of nitrogens with zero attached hydrogens (tertiary/aromatic N) is 1. The molecule has 0 spiro atoms. The Morgan fingerprint density at radius 2 is 1.91 bits per heavy atom. The summed E-state index contributed by atoms with van der Waals surface area (Å²) in [6.07, 6.45) is 0. The second-order valence-electron chi connectivity index (χ2n) is 5.28. The van der Waals surface area contributed by atoms with Gasteiger partial charge in [-0.25, -0.2) is 4.98 Å². The summed E-state index contributed by atoms with van der Waals surface area (Å²) in [5, 5.41) is 7.92. The Morgan fingerprint density at radius 3 is 2.65 bits per heavy atom. The van der Waals surface area contributed by atoms with Gasteiger partial charge in [0.25, 0.3) is 0 Å². The van der Waals surface area contributed by atoms with Crippen LogP contribution >= 0.6 is 34.5 Å². The van der Waals surface area contributed by atoms with Crippen LogP contribution in [0.5, 0.6) is 0 Å². The summed E-state index contributed by atoms with van der Waals surface area (Å²) in [5.74, 6) is 0. The van der Waals surface area contributed by atoms with E-state index in [1.807, 2.05) is 30.3 Å². The molecule has 118 valence electrons. The Bertz CT molecular complexity index is 787. The molecule has 0 fully saturated rings. The molecule has 23 heavy (non-hydrogen) atoms. The topological polar surface area (TPSA) is 24.9 Å². The third kappa shape index (κ3) is 4.12. The molecule has 2 nitrogen and oxygen atoms in total. The van der Waals surface area contributed by atoms with Crippen LogP contribution in [0.2, 0.25) is 10.0 Å². The maximum atomic E-state index is 6.25. The van der Waals surface area contributed by atoms with Crippen LogP contribution in [0.4, 0.5) is 0 Å². The van der Waals surface area contributed by atoms with E-state index < -0.39 is 0 Å². The zero-order valence-corrected chi connectivity index (χ0v) is 14.9. The fraction of sp³-hybridized carbons (Fsp3) is 0.167. The van der Waals surface area contributed by atoms with Crippen molar-refractivity contribution in [1.82, 2.24) is 10.3 Å². The van der Waals surface area contributed by atoms with E-state index in [1.165, 1.54) is 0 Å². The Labute approximate surface area is 150 Å².